The maximum absolute atomic E-state index is 12.3. The monoisotopic (exact) mass is 333 g/mol. The number of ether oxygens (including phenoxy) is 2. The van der Waals surface area contributed by atoms with E-state index in [4.69, 9.17) is 9.47 Å². The van der Waals surface area contributed by atoms with E-state index in [1.54, 1.807) is 14.1 Å². The largest absolute Gasteiger partial charge is 0.493 e. The Hall–Kier alpha value is -2.06. The van der Waals surface area contributed by atoms with Gasteiger partial charge in [0, 0.05) is 26.2 Å². The third kappa shape index (κ3) is 4.47. The summed E-state index contributed by atoms with van der Waals surface area (Å²) in [4.78, 5) is 24.2. The number of methoxy groups -OCH3 is 2. The lowest BCUT2D eigenvalue weighted by molar-refractivity contribution is -0.385. The molecule has 0 atom stereocenters. The van der Waals surface area contributed by atoms with Gasteiger partial charge >= 0.3 is 5.69 Å². The van der Waals surface area contributed by atoms with Gasteiger partial charge in [-0.2, -0.15) is 0 Å². The molecule has 0 aromatic heterocycles. The zero-order valence-corrected chi connectivity index (χ0v) is 13.7. The Morgan fingerprint density at radius 3 is 2.45 bits per heavy atom. The number of nitro groups is 1. The number of nitrogens with zero attached hydrogens (tertiary/aromatic N) is 2. The van der Waals surface area contributed by atoms with E-state index in [0.29, 0.717) is 13.1 Å². The van der Waals surface area contributed by atoms with Crippen LogP contribution in [-0.2, 0) is 0 Å². The Bertz CT molecular complexity index is 539. The highest BCUT2D eigenvalue weighted by Crippen LogP contribution is 2.38. The first kappa shape index (κ1) is 19.9. The van der Waals surface area contributed by atoms with Gasteiger partial charge in [-0.25, -0.2) is 0 Å². The van der Waals surface area contributed by atoms with Crippen molar-refractivity contribution >= 4 is 24.0 Å². The van der Waals surface area contributed by atoms with Gasteiger partial charge in [-0.05, 0) is 13.1 Å². The first-order valence-electron chi connectivity index (χ1n) is 6.26. The maximum Gasteiger partial charge on any atom is 0.315 e. The number of hydrogen-bond acceptors (Lipinski definition) is 6. The number of hydrogen-bond donors (Lipinski definition) is 1. The molecule has 0 saturated heterocycles. The SMILES string of the molecule is CNCCN(C)C(=O)c1cc(OC)c(OC)c([N+](=O)[O-])c1.Cl. The molecule has 1 rings (SSSR count). The summed E-state index contributed by atoms with van der Waals surface area (Å²) in [5.74, 6) is -0.178. The second kappa shape index (κ2) is 9.06. The molecule has 0 bridgehead atoms. The van der Waals surface area contributed by atoms with Crippen molar-refractivity contribution in [3.8, 4) is 11.5 Å². The summed E-state index contributed by atoms with van der Waals surface area (Å²) in [6, 6.07) is 2.63. The van der Waals surface area contributed by atoms with Crippen LogP contribution in [0.2, 0.25) is 0 Å². The molecule has 0 saturated carbocycles. The van der Waals surface area contributed by atoms with Crippen molar-refractivity contribution in [2.45, 2.75) is 0 Å². The van der Waals surface area contributed by atoms with E-state index < -0.39 is 4.92 Å². The molecule has 0 aliphatic carbocycles. The molecule has 22 heavy (non-hydrogen) atoms. The standard InChI is InChI=1S/C13H19N3O5.ClH/c1-14-5-6-15(2)13(17)9-7-10(16(18)19)12(21-4)11(8-9)20-3;/h7-8,14H,5-6H2,1-4H3;1H. The highest BCUT2D eigenvalue weighted by molar-refractivity contribution is 5.95. The van der Waals surface area contributed by atoms with Crippen LogP contribution < -0.4 is 14.8 Å². The quantitative estimate of drug-likeness (QED) is 0.597. The Morgan fingerprint density at radius 2 is 2.00 bits per heavy atom. The molecule has 0 heterocycles. The third-order valence-corrected chi connectivity index (χ3v) is 2.95. The predicted octanol–water partition coefficient (Wildman–Crippen LogP) is 1.33. The van der Waals surface area contributed by atoms with Crippen LogP contribution in [0.3, 0.4) is 0 Å². The van der Waals surface area contributed by atoms with Crippen LogP contribution in [0.1, 0.15) is 10.4 Å². The average molecular weight is 334 g/mol. The van der Waals surface area contributed by atoms with Crippen molar-refractivity contribution in [2.24, 2.45) is 0 Å². The highest BCUT2D eigenvalue weighted by atomic mass is 35.5. The summed E-state index contributed by atoms with van der Waals surface area (Å²) in [5.41, 5.74) is -0.125. The molecule has 8 nitrogen and oxygen atoms in total. The molecule has 9 heteroatoms. The van der Waals surface area contributed by atoms with Crippen molar-refractivity contribution in [2.75, 3.05) is 41.4 Å². The van der Waals surface area contributed by atoms with Gasteiger partial charge in [-0.15, -0.1) is 12.4 Å². The lowest BCUT2D eigenvalue weighted by atomic mass is 10.1. The fourth-order valence-electron chi connectivity index (χ4n) is 1.80. The molecular formula is C13H20ClN3O5. The van der Waals surface area contributed by atoms with Crippen LogP contribution in [0.5, 0.6) is 11.5 Å². The van der Waals surface area contributed by atoms with E-state index in [0.717, 1.165) is 0 Å². The maximum atomic E-state index is 12.3. The van der Waals surface area contributed by atoms with Gasteiger partial charge in [0.25, 0.3) is 5.91 Å². The van der Waals surface area contributed by atoms with Gasteiger partial charge in [-0.1, -0.05) is 0 Å². The van der Waals surface area contributed by atoms with E-state index in [9.17, 15) is 14.9 Å². The number of likely N-dealkylation sites (N-methyl/N-ethyl adjacent to an activating group) is 2. The van der Waals surface area contributed by atoms with E-state index in [2.05, 4.69) is 5.32 Å². The predicted molar refractivity (Wildman–Crippen MR) is 84.3 cm³/mol. The van der Waals surface area contributed by atoms with Gasteiger partial charge in [0.2, 0.25) is 5.75 Å². The smallest absolute Gasteiger partial charge is 0.315 e. The average Bonchev–Trinajstić information content (AvgIpc) is 2.49. The van der Waals surface area contributed by atoms with Crippen molar-refractivity contribution in [3.05, 3.63) is 27.8 Å². The van der Waals surface area contributed by atoms with Gasteiger partial charge in [0.1, 0.15) is 0 Å². The summed E-state index contributed by atoms with van der Waals surface area (Å²) >= 11 is 0. The Balaban J connectivity index is 0.00000441. The van der Waals surface area contributed by atoms with E-state index in [-0.39, 0.29) is 41.1 Å². The fourth-order valence-corrected chi connectivity index (χ4v) is 1.80. The highest BCUT2D eigenvalue weighted by Gasteiger charge is 2.24. The molecule has 1 N–H and O–H groups in total. The molecule has 1 aromatic carbocycles. The summed E-state index contributed by atoms with van der Waals surface area (Å²) in [6.07, 6.45) is 0. The zero-order chi connectivity index (χ0) is 16.0. The summed E-state index contributed by atoms with van der Waals surface area (Å²) in [6.45, 7) is 1.11. The minimum atomic E-state index is -0.605. The Morgan fingerprint density at radius 1 is 1.36 bits per heavy atom. The second-order valence-electron chi connectivity index (χ2n) is 4.32. The van der Waals surface area contributed by atoms with Crippen LogP contribution >= 0.6 is 12.4 Å². The van der Waals surface area contributed by atoms with Crippen LogP contribution in [-0.4, -0.2) is 57.1 Å². The number of nitrogens with one attached hydrogen (secondary N) is 1. The van der Waals surface area contributed by atoms with Crippen molar-refractivity contribution in [1.82, 2.24) is 10.2 Å². The first-order valence-corrected chi connectivity index (χ1v) is 6.26. The van der Waals surface area contributed by atoms with E-state index >= 15 is 0 Å². The van der Waals surface area contributed by atoms with Gasteiger partial charge in [0.05, 0.1) is 24.7 Å². The minimum absolute atomic E-state index is 0. The topological polar surface area (TPSA) is 93.9 Å². The molecule has 1 aromatic rings. The zero-order valence-electron chi connectivity index (χ0n) is 12.9. The molecule has 124 valence electrons. The summed E-state index contributed by atoms with van der Waals surface area (Å²) in [5, 5.41) is 14.0. The lowest BCUT2D eigenvalue weighted by Gasteiger charge is -2.18. The number of nitro benzene ring substituents is 1. The van der Waals surface area contributed by atoms with Gasteiger partial charge in [0.15, 0.2) is 5.75 Å². The van der Waals surface area contributed by atoms with Crippen LogP contribution in [0.15, 0.2) is 12.1 Å². The van der Waals surface area contributed by atoms with E-state index in [1.807, 2.05) is 0 Å². The van der Waals surface area contributed by atoms with Crippen LogP contribution in [0.4, 0.5) is 5.69 Å². The number of carbonyl (C=O) groups excluding carboxylic acids is 1. The number of amides is 1. The molecule has 0 spiro atoms. The normalized spacial score (nSPS) is 9.64. The van der Waals surface area contributed by atoms with Gasteiger partial charge in [-0.3, -0.25) is 14.9 Å². The molecular weight excluding hydrogens is 314 g/mol. The molecule has 0 unspecified atom stereocenters. The molecule has 0 aliphatic rings. The first-order chi connectivity index (χ1) is 9.96. The molecule has 0 fully saturated rings. The number of rotatable bonds is 7. The van der Waals surface area contributed by atoms with Crippen LogP contribution in [0, 0.1) is 10.1 Å². The summed E-state index contributed by atoms with van der Waals surface area (Å²) in [7, 11) is 6.08. The minimum Gasteiger partial charge on any atom is -0.493 e. The van der Waals surface area contributed by atoms with Gasteiger partial charge < -0.3 is 19.7 Å². The van der Waals surface area contributed by atoms with Crippen LogP contribution in [0.25, 0.3) is 0 Å². The van der Waals surface area contributed by atoms with Crippen molar-refractivity contribution < 1.29 is 19.2 Å². The second-order valence-corrected chi connectivity index (χ2v) is 4.32. The number of carbonyl (C=O) groups is 1. The Labute approximate surface area is 134 Å². The Kier molecular flexibility index (Phi) is 8.21. The molecule has 0 radical (unpaired) electrons. The number of benzene rings is 1. The van der Waals surface area contributed by atoms with Crippen molar-refractivity contribution in [3.63, 3.8) is 0 Å². The fraction of sp³-hybridized carbons (Fsp3) is 0.462. The third-order valence-electron chi connectivity index (χ3n) is 2.95. The molecule has 1 amide bonds. The summed E-state index contributed by atoms with van der Waals surface area (Å²) < 4.78 is 10.1. The lowest BCUT2D eigenvalue weighted by Crippen LogP contribution is -2.32. The van der Waals surface area contributed by atoms with E-state index in [1.165, 1.54) is 31.3 Å². The number of halogens is 1. The molecule has 0 aliphatic heterocycles. The van der Waals surface area contributed by atoms with Crippen molar-refractivity contribution in [1.29, 1.82) is 0 Å².